The van der Waals surface area contributed by atoms with Gasteiger partial charge < -0.3 is 10.8 Å². The summed E-state index contributed by atoms with van der Waals surface area (Å²) in [6, 6.07) is 18.1. The molecule has 0 radical (unpaired) electrons. The molecule has 4 aromatic rings. The van der Waals surface area contributed by atoms with E-state index in [-0.39, 0.29) is 11.8 Å². The number of anilines is 1. The Kier molecular flexibility index (Phi) is 4.68. The third kappa shape index (κ3) is 3.73. The van der Waals surface area contributed by atoms with Crippen molar-refractivity contribution in [3.8, 4) is 6.01 Å². The fourth-order valence-electron chi connectivity index (χ4n) is 2.80. The van der Waals surface area contributed by atoms with Gasteiger partial charge in [0.1, 0.15) is 0 Å². The Balaban J connectivity index is 1.64. The van der Waals surface area contributed by atoms with E-state index in [0.29, 0.717) is 22.9 Å². The fraction of sp³-hybridized carbons (Fsp3) is 0.150. The Morgan fingerprint density at radius 1 is 0.963 bits per heavy atom. The van der Waals surface area contributed by atoms with E-state index in [0.717, 1.165) is 11.3 Å². The van der Waals surface area contributed by atoms with Crippen LogP contribution in [-0.4, -0.2) is 24.6 Å². The minimum absolute atomic E-state index is 0.115. The summed E-state index contributed by atoms with van der Waals surface area (Å²) in [4.78, 5) is 13.1. The average Bonchev–Trinajstić information content (AvgIpc) is 2.99. The number of aromatic nitrogens is 4. The number of aromatic hydroxyl groups is 1. The number of benzene rings is 2. The topological polar surface area (TPSA) is 89.9 Å². The molecule has 0 spiro atoms. The van der Waals surface area contributed by atoms with Gasteiger partial charge in [-0.1, -0.05) is 71.9 Å². The summed E-state index contributed by atoms with van der Waals surface area (Å²) in [6.07, 6.45) is 0. The lowest BCUT2D eigenvalue weighted by Crippen LogP contribution is -2.03. The SMILES string of the molecule is Cc1ccc(CSc2nc(N)c3nc(O)n(Cc4ccccc4)c3n2)cc1. The zero-order valence-corrected chi connectivity index (χ0v) is 15.6. The number of nitrogens with zero attached hydrogens (tertiary/aromatic N) is 4. The van der Waals surface area contributed by atoms with Gasteiger partial charge in [-0.3, -0.25) is 4.57 Å². The van der Waals surface area contributed by atoms with E-state index in [1.807, 2.05) is 30.3 Å². The predicted octanol–water partition coefficient (Wildman–Crippen LogP) is 3.76. The molecule has 0 atom stereocenters. The van der Waals surface area contributed by atoms with E-state index >= 15 is 0 Å². The molecular formula is C20H19N5OS. The molecule has 2 aromatic carbocycles. The molecule has 0 saturated carbocycles. The molecule has 2 heterocycles. The quantitative estimate of drug-likeness (QED) is 0.406. The smallest absolute Gasteiger partial charge is 0.296 e. The van der Waals surface area contributed by atoms with Crippen molar-refractivity contribution in [2.45, 2.75) is 24.4 Å². The Bertz CT molecular complexity index is 1080. The van der Waals surface area contributed by atoms with Gasteiger partial charge in [0.2, 0.25) is 0 Å². The molecule has 0 unspecified atom stereocenters. The third-order valence-corrected chi connectivity index (χ3v) is 5.17. The van der Waals surface area contributed by atoms with E-state index < -0.39 is 0 Å². The van der Waals surface area contributed by atoms with Crippen molar-refractivity contribution in [3.05, 3.63) is 71.3 Å². The number of fused-ring (bicyclic) bond motifs is 1. The van der Waals surface area contributed by atoms with E-state index in [4.69, 9.17) is 5.73 Å². The van der Waals surface area contributed by atoms with E-state index in [1.165, 1.54) is 22.9 Å². The number of nitrogen functional groups attached to an aromatic ring is 1. The summed E-state index contributed by atoms with van der Waals surface area (Å²) >= 11 is 1.51. The zero-order chi connectivity index (χ0) is 18.8. The second kappa shape index (κ2) is 7.28. The molecule has 0 aliphatic rings. The first-order chi connectivity index (χ1) is 13.1. The van der Waals surface area contributed by atoms with Crippen molar-refractivity contribution in [2.75, 3.05) is 5.73 Å². The molecule has 2 aromatic heterocycles. The van der Waals surface area contributed by atoms with Gasteiger partial charge in [-0.05, 0) is 18.1 Å². The van der Waals surface area contributed by atoms with Crippen LogP contribution < -0.4 is 5.73 Å². The highest BCUT2D eigenvalue weighted by molar-refractivity contribution is 7.98. The second-order valence-electron chi connectivity index (χ2n) is 6.32. The highest BCUT2D eigenvalue weighted by atomic mass is 32.2. The minimum Gasteiger partial charge on any atom is -0.480 e. The lowest BCUT2D eigenvalue weighted by molar-refractivity contribution is 0.408. The summed E-state index contributed by atoms with van der Waals surface area (Å²) in [5.41, 5.74) is 10.5. The van der Waals surface area contributed by atoms with Gasteiger partial charge in [-0.15, -0.1) is 0 Å². The van der Waals surface area contributed by atoms with Crippen molar-refractivity contribution in [1.82, 2.24) is 19.5 Å². The number of hydrogen-bond donors (Lipinski definition) is 2. The lowest BCUT2D eigenvalue weighted by Gasteiger charge is -2.07. The summed E-state index contributed by atoms with van der Waals surface area (Å²) in [5, 5.41) is 10.8. The second-order valence-corrected chi connectivity index (χ2v) is 7.26. The van der Waals surface area contributed by atoms with Gasteiger partial charge >= 0.3 is 0 Å². The van der Waals surface area contributed by atoms with Gasteiger partial charge in [0.15, 0.2) is 22.1 Å². The maximum absolute atomic E-state index is 10.3. The zero-order valence-electron chi connectivity index (χ0n) is 14.8. The molecule has 4 rings (SSSR count). The van der Waals surface area contributed by atoms with Crippen LogP contribution in [0.1, 0.15) is 16.7 Å². The minimum atomic E-state index is -0.115. The van der Waals surface area contributed by atoms with Gasteiger partial charge in [0, 0.05) is 5.75 Å². The Morgan fingerprint density at radius 3 is 2.44 bits per heavy atom. The van der Waals surface area contributed by atoms with Gasteiger partial charge in [0.05, 0.1) is 6.54 Å². The Hall–Kier alpha value is -3.06. The van der Waals surface area contributed by atoms with Crippen LogP contribution >= 0.6 is 11.8 Å². The molecular weight excluding hydrogens is 358 g/mol. The number of rotatable bonds is 5. The monoisotopic (exact) mass is 377 g/mol. The summed E-state index contributed by atoms with van der Waals surface area (Å²) in [7, 11) is 0. The standard InChI is InChI=1S/C20H19N5OS/c1-13-7-9-15(10-8-13)12-27-19-23-17(21)16-18(24-19)25(20(26)22-16)11-14-5-3-2-4-6-14/h2-10H,11-12H2,1H3,(H,22,26)(H2,21,23,24). The first kappa shape index (κ1) is 17.4. The van der Waals surface area contributed by atoms with Crippen LogP contribution in [-0.2, 0) is 12.3 Å². The van der Waals surface area contributed by atoms with Crippen molar-refractivity contribution in [1.29, 1.82) is 0 Å². The lowest BCUT2D eigenvalue weighted by atomic mass is 10.2. The van der Waals surface area contributed by atoms with Gasteiger partial charge in [-0.25, -0.2) is 9.97 Å². The predicted molar refractivity (Wildman–Crippen MR) is 108 cm³/mol. The van der Waals surface area contributed by atoms with E-state index in [9.17, 15) is 5.11 Å². The number of nitrogens with two attached hydrogens (primary N) is 1. The molecule has 0 aliphatic carbocycles. The van der Waals surface area contributed by atoms with Crippen molar-refractivity contribution in [2.24, 2.45) is 0 Å². The summed E-state index contributed by atoms with van der Waals surface area (Å²) < 4.78 is 1.65. The molecule has 3 N–H and O–H groups in total. The van der Waals surface area contributed by atoms with Gasteiger partial charge in [-0.2, -0.15) is 4.98 Å². The molecule has 7 heteroatoms. The maximum Gasteiger partial charge on any atom is 0.296 e. The highest BCUT2D eigenvalue weighted by Gasteiger charge is 2.16. The summed E-state index contributed by atoms with van der Waals surface area (Å²) in [5.74, 6) is 1.01. The molecule has 27 heavy (non-hydrogen) atoms. The van der Waals surface area contributed by atoms with E-state index in [1.54, 1.807) is 4.57 Å². The number of thioether (sulfide) groups is 1. The van der Waals surface area contributed by atoms with Crippen LogP contribution in [0.4, 0.5) is 5.82 Å². The number of imidazole rings is 1. The molecule has 6 nitrogen and oxygen atoms in total. The molecule has 0 aliphatic heterocycles. The van der Waals surface area contributed by atoms with Crippen LogP contribution in [0.15, 0.2) is 59.8 Å². The Morgan fingerprint density at radius 2 is 1.70 bits per heavy atom. The first-order valence-corrected chi connectivity index (χ1v) is 9.53. The van der Waals surface area contributed by atoms with Crippen molar-refractivity contribution >= 4 is 28.7 Å². The van der Waals surface area contributed by atoms with Crippen LogP contribution in [0, 0.1) is 6.92 Å². The third-order valence-electron chi connectivity index (χ3n) is 4.25. The normalized spacial score (nSPS) is 11.1. The largest absolute Gasteiger partial charge is 0.480 e. The van der Waals surface area contributed by atoms with E-state index in [2.05, 4.69) is 46.1 Å². The van der Waals surface area contributed by atoms with Gasteiger partial charge in [0.25, 0.3) is 6.01 Å². The summed E-state index contributed by atoms with van der Waals surface area (Å²) in [6.45, 7) is 2.52. The van der Waals surface area contributed by atoms with Crippen molar-refractivity contribution in [3.63, 3.8) is 0 Å². The molecule has 136 valence electrons. The maximum atomic E-state index is 10.3. The highest BCUT2D eigenvalue weighted by Crippen LogP contribution is 2.28. The van der Waals surface area contributed by atoms with Crippen LogP contribution in [0.25, 0.3) is 11.2 Å². The average molecular weight is 377 g/mol. The fourth-order valence-corrected chi connectivity index (χ4v) is 3.60. The molecule has 0 saturated heterocycles. The molecule has 0 amide bonds. The molecule has 0 fully saturated rings. The van der Waals surface area contributed by atoms with Crippen molar-refractivity contribution < 1.29 is 5.11 Å². The molecule has 0 bridgehead atoms. The van der Waals surface area contributed by atoms with Crippen LogP contribution in [0.2, 0.25) is 0 Å². The first-order valence-electron chi connectivity index (χ1n) is 8.55. The Labute approximate surface area is 161 Å². The number of hydrogen-bond acceptors (Lipinski definition) is 6. The number of aryl methyl sites for hydroxylation is 1. The van der Waals surface area contributed by atoms with Crippen LogP contribution in [0.3, 0.4) is 0 Å². The van der Waals surface area contributed by atoms with Crippen LogP contribution in [0.5, 0.6) is 6.01 Å².